The number of urea groups is 1. The highest BCUT2D eigenvalue weighted by atomic mass is 32.1. The Kier molecular flexibility index (Phi) is 8.18. The van der Waals surface area contributed by atoms with E-state index in [1.54, 1.807) is 36.5 Å². The maximum absolute atomic E-state index is 12.5. The average Bonchev–Trinajstić information content (AvgIpc) is 3.27. The first kappa shape index (κ1) is 23.2. The lowest BCUT2D eigenvalue weighted by Crippen LogP contribution is -2.33. The van der Waals surface area contributed by atoms with Crippen LogP contribution in [0.25, 0.3) is 0 Å². The fourth-order valence-electron chi connectivity index (χ4n) is 3.14. The molecule has 5 N–H and O–H groups in total. The average molecular weight is 453 g/mol. The van der Waals surface area contributed by atoms with Gasteiger partial charge in [0.2, 0.25) is 0 Å². The van der Waals surface area contributed by atoms with Gasteiger partial charge in [-0.1, -0.05) is 18.2 Å². The second-order valence-electron chi connectivity index (χ2n) is 7.63. The molecule has 0 saturated carbocycles. The van der Waals surface area contributed by atoms with Crippen molar-refractivity contribution < 1.29 is 9.59 Å². The number of carbonyl (C=O) groups excluding carboxylic acids is 2. The molecule has 0 aliphatic heterocycles. The number of hydrogen-bond acceptors (Lipinski definition) is 6. The van der Waals surface area contributed by atoms with Crippen LogP contribution in [0.2, 0.25) is 0 Å². The number of amides is 3. The second kappa shape index (κ2) is 11.3. The van der Waals surface area contributed by atoms with Crippen LogP contribution in [-0.4, -0.2) is 42.5 Å². The number of nitrogens with one attached hydrogen (secondary N) is 3. The summed E-state index contributed by atoms with van der Waals surface area (Å²) in [7, 11) is 4.03. The molecule has 0 saturated heterocycles. The van der Waals surface area contributed by atoms with Crippen molar-refractivity contribution in [3.63, 3.8) is 0 Å². The van der Waals surface area contributed by atoms with Crippen LogP contribution in [0.3, 0.4) is 0 Å². The van der Waals surface area contributed by atoms with E-state index in [1.807, 2.05) is 37.0 Å². The van der Waals surface area contributed by atoms with Crippen LogP contribution in [0.5, 0.6) is 0 Å². The van der Waals surface area contributed by atoms with Crippen molar-refractivity contribution in [3.05, 3.63) is 70.7 Å². The van der Waals surface area contributed by atoms with Crippen molar-refractivity contribution in [2.45, 2.75) is 18.9 Å². The first-order valence-electron chi connectivity index (χ1n) is 10.3. The molecule has 1 unspecified atom stereocenters. The lowest BCUT2D eigenvalue weighted by Gasteiger charge is -2.20. The minimum atomic E-state index is -0.346. The molecule has 0 bridgehead atoms. The minimum Gasteiger partial charge on any atom is -0.397 e. The molecule has 3 rings (SSSR count). The van der Waals surface area contributed by atoms with Gasteiger partial charge < -0.3 is 26.6 Å². The predicted molar refractivity (Wildman–Crippen MR) is 130 cm³/mol. The van der Waals surface area contributed by atoms with Crippen molar-refractivity contribution in [2.24, 2.45) is 0 Å². The van der Waals surface area contributed by atoms with Crippen molar-refractivity contribution in [2.75, 3.05) is 37.0 Å². The van der Waals surface area contributed by atoms with Crippen molar-refractivity contribution >= 4 is 40.3 Å². The maximum Gasteiger partial charge on any atom is 0.319 e. The third-order valence-corrected chi connectivity index (χ3v) is 5.50. The van der Waals surface area contributed by atoms with Gasteiger partial charge in [-0.2, -0.15) is 11.3 Å². The second-order valence-corrected chi connectivity index (χ2v) is 8.41. The van der Waals surface area contributed by atoms with Crippen LogP contribution in [0.1, 0.15) is 34.9 Å². The number of aromatic nitrogens is 1. The van der Waals surface area contributed by atoms with Crippen LogP contribution in [0, 0.1) is 0 Å². The van der Waals surface area contributed by atoms with Gasteiger partial charge in [-0.15, -0.1) is 0 Å². The zero-order valence-electron chi connectivity index (χ0n) is 18.2. The van der Waals surface area contributed by atoms with Gasteiger partial charge >= 0.3 is 6.03 Å². The highest BCUT2D eigenvalue weighted by molar-refractivity contribution is 7.08. The van der Waals surface area contributed by atoms with E-state index in [9.17, 15) is 9.59 Å². The monoisotopic (exact) mass is 452 g/mol. The van der Waals surface area contributed by atoms with Gasteiger partial charge in [0, 0.05) is 11.6 Å². The smallest absolute Gasteiger partial charge is 0.319 e. The summed E-state index contributed by atoms with van der Waals surface area (Å²) >= 11 is 1.52. The maximum atomic E-state index is 12.5. The largest absolute Gasteiger partial charge is 0.397 e. The van der Waals surface area contributed by atoms with Gasteiger partial charge in [-0.05, 0) is 68.7 Å². The third-order valence-electron chi connectivity index (χ3n) is 4.81. The summed E-state index contributed by atoms with van der Waals surface area (Å²) in [6.07, 6.45) is 3.27. The molecule has 0 aliphatic rings. The summed E-state index contributed by atoms with van der Waals surface area (Å²) in [6.45, 7) is 0.900. The number of rotatable bonds is 9. The van der Waals surface area contributed by atoms with Crippen LogP contribution < -0.4 is 21.7 Å². The lowest BCUT2D eigenvalue weighted by molar-refractivity contribution is 0.102. The molecule has 1 atom stereocenters. The molecule has 168 valence electrons. The normalized spacial score (nSPS) is 11.7. The Morgan fingerprint density at radius 2 is 1.94 bits per heavy atom. The van der Waals surface area contributed by atoms with Crippen molar-refractivity contribution in [1.29, 1.82) is 0 Å². The topological polar surface area (TPSA) is 112 Å². The van der Waals surface area contributed by atoms with E-state index in [0.717, 1.165) is 30.6 Å². The highest BCUT2D eigenvalue weighted by Crippen LogP contribution is 2.21. The molecule has 3 aromatic rings. The number of benzene rings is 1. The summed E-state index contributed by atoms with van der Waals surface area (Å²) in [5.41, 5.74) is 8.77. The predicted octanol–water partition coefficient (Wildman–Crippen LogP) is 4.18. The van der Waals surface area contributed by atoms with E-state index >= 15 is 0 Å². The first-order valence-corrected chi connectivity index (χ1v) is 11.2. The molecular formula is C23H28N6O2S. The Morgan fingerprint density at radius 3 is 2.59 bits per heavy atom. The van der Waals surface area contributed by atoms with Gasteiger partial charge in [-0.25, -0.2) is 4.79 Å². The molecule has 0 spiro atoms. The summed E-state index contributed by atoms with van der Waals surface area (Å²) in [5.74, 6) is -0.346. The lowest BCUT2D eigenvalue weighted by atomic mass is 10.0. The quantitative estimate of drug-likeness (QED) is 0.364. The molecule has 32 heavy (non-hydrogen) atoms. The fraction of sp³-hybridized carbons (Fsp3) is 0.261. The van der Waals surface area contributed by atoms with Crippen molar-refractivity contribution in [3.8, 4) is 0 Å². The zero-order chi connectivity index (χ0) is 22.9. The van der Waals surface area contributed by atoms with E-state index < -0.39 is 0 Å². The van der Waals surface area contributed by atoms with E-state index in [0.29, 0.717) is 11.4 Å². The Hall–Kier alpha value is -3.43. The van der Waals surface area contributed by atoms with Crippen LogP contribution in [0.4, 0.5) is 21.9 Å². The number of para-hydroxylation sites is 2. The molecule has 8 nitrogen and oxygen atoms in total. The summed E-state index contributed by atoms with van der Waals surface area (Å²) in [5, 5.41) is 12.4. The number of carbonyl (C=O) groups is 2. The summed E-state index contributed by atoms with van der Waals surface area (Å²) < 4.78 is 0. The van der Waals surface area contributed by atoms with Crippen LogP contribution >= 0.6 is 11.3 Å². The number of anilines is 3. The first-order chi connectivity index (χ1) is 15.4. The number of pyridine rings is 1. The Labute approximate surface area is 191 Å². The van der Waals surface area contributed by atoms with E-state index in [4.69, 9.17) is 5.73 Å². The standard InChI is InChI=1S/C23H28N6O2S/c1-29(2)12-5-8-19(28-23(31)26-17-11-13-32-15-17)16-9-10-21(25-14-16)22(30)27-20-7-4-3-6-18(20)24/h3-4,6-7,9-11,13-15,19H,5,8,12,24H2,1-2H3,(H,27,30)(H2,26,28,31). The number of nitrogens with two attached hydrogens (primary N) is 1. The van der Waals surface area contributed by atoms with E-state index in [2.05, 4.69) is 25.8 Å². The summed E-state index contributed by atoms with van der Waals surface area (Å²) in [4.78, 5) is 31.4. The number of hydrogen-bond donors (Lipinski definition) is 4. The fourth-order valence-corrected chi connectivity index (χ4v) is 3.73. The Bertz CT molecular complexity index is 1020. The zero-order valence-corrected chi connectivity index (χ0v) is 19.0. The molecule has 2 heterocycles. The molecule has 0 aliphatic carbocycles. The molecule has 9 heteroatoms. The van der Waals surface area contributed by atoms with Gasteiger partial charge in [0.1, 0.15) is 5.69 Å². The Balaban J connectivity index is 1.68. The van der Waals surface area contributed by atoms with E-state index in [1.165, 1.54) is 11.3 Å². The number of nitrogens with zero attached hydrogens (tertiary/aromatic N) is 2. The minimum absolute atomic E-state index is 0.233. The molecule has 0 fully saturated rings. The third kappa shape index (κ3) is 6.79. The van der Waals surface area contributed by atoms with Crippen LogP contribution in [-0.2, 0) is 0 Å². The van der Waals surface area contributed by atoms with Gasteiger partial charge in [0.15, 0.2) is 0 Å². The number of thiophene rings is 1. The molecular weight excluding hydrogens is 424 g/mol. The molecule has 3 amide bonds. The van der Waals surface area contributed by atoms with E-state index in [-0.39, 0.29) is 23.7 Å². The van der Waals surface area contributed by atoms with Gasteiger partial charge in [0.05, 0.1) is 23.1 Å². The summed E-state index contributed by atoms with van der Waals surface area (Å²) in [6, 6.07) is 11.9. The molecule has 0 radical (unpaired) electrons. The highest BCUT2D eigenvalue weighted by Gasteiger charge is 2.17. The number of nitrogen functional groups attached to an aromatic ring is 1. The van der Waals surface area contributed by atoms with Crippen molar-refractivity contribution in [1.82, 2.24) is 15.2 Å². The van der Waals surface area contributed by atoms with Gasteiger partial charge in [-0.3, -0.25) is 9.78 Å². The molecule has 2 aromatic heterocycles. The van der Waals surface area contributed by atoms with Gasteiger partial charge in [0.25, 0.3) is 5.91 Å². The molecule has 1 aromatic carbocycles. The van der Waals surface area contributed by atoms with Crippen LogP contribution in [0.15, 0.2) is 59.4 Å². The Morgan fingerprint density at radius 1 is 1.12 bits per heavy atom. The SMILES string of the molecule is CN(C)CCCC(NC(=O)Nc1ccsc1)c1ccc(C(=O)Nc2ccccc2N)nc1.